The first-order chi connectivity index (χ1) is 8.33. The third-order valence-corrected chi connectivity index (χ3v) is 3.96. The summed E-state index contributed by atoms with van der Waals surface area (Å²) in [4.78, 5) is 4.51. The van der Waals surface area contributed by atoms with Crippen LogP contribution in [0.4, 0.5) is 0 Å². The molecule has 1 aliphatic carbocycles. The lowest BCUT2D eigenvalue weighted by molar-refractivity contribution is 0.932. The number of hydrogen-bond donors (Lipinski definition) is 1. The van der Waals surface area contributed by atoms with Crippen LogP contribution in [-0.2, 0) is 5.75 Å². The molecule has 4 heteroatoms. The summed E-state index contributed by atoms with van der Waals surface area (Å²) in [5.41, 5.74) is 2.69. The number of nitrogens with one attached hydrogen (secondary N) is 1. The second-order valence-electron chi connectivity index (χ2n) is 4.49. The molecule has 1 aliphatic rings. The zero-order valence-corrected chi connectivity index (χ0v) is 10.6. The fourth-order valence-corrected chi connectivity index (χ4v) is 2.66. The number of hydrogen-bond acceptors (Lipinski definition) is 3. The number of thioether (sulfide) groups is 1. The monoisotopic (exact) mass is 245 g/mol. The van der Waals surface area contributed by atoms with Gasteiger partial charge >= 0.3 is 0 Å². The average Bonchev–Trinajstić information content (AvgIpc) is 3.08. The predicted octanol–water partition coefficient (Wildman–Crippen LogP) is 3.28. The molecule has 17 heavy (non-hydrogen) atoms. The first-order valence-corrected chi connectivity index (χ1v) is 6.91. The number of aryl methyl sites for hydroxylation is 1. The van der Waals surface area contributed by atoms with Gasteiger partial charge in [-0.05, 0) is 30.9 Å². The standard InChI is InChI=1S/C13H15N3S/c1-9-4-2-3-5-11(9)8-17-13-14-12(15-16-13)10-6-7-10/h2-5,10H,6-8H2,1H3,(H,14,15,16). The summed E-state index contributed by atoms with van der Waals surface area (Å²) in [6.45, 7) is 2.14. The molecule has 88 valence electrons. The van der Waals surface area contributed by atoms with Crippen molar-refractivity contribution in [1.29, 1.82) is 0 Å². The highest BCUT2D eigenvalue weighted by atomic mass is 32.2. The van der Waals surface area contributed by atoms with Crippen LogP contribution in [0.15, 0.2) is 29.4 Å². The summed E-state index contributed by atoms with van der Waals surface area (Å²) in [7, 11) is 0. The second kappa shape index (κ2) is 4.53. The van der Waals surface area contributed by atoms with E-state index in [4.69, 9.17) is 0 Å². The van der Waals surface area contributed by atoms with Gasteiger partial charge in [-0.3, -0.25) is 5.10 Å². The van der Waals surface area contributed by atoms with Crippen LogP contribution in [0.1, 0.15) is 35.7 Å². The van der Waals surface area contributed by atoms with Gasteiger partial charge in [-0.1, -0.05) is 36.0 Å². The highest BCUT2D eigenvalue weighted by Crippen LogP contribution is 2.38. The summed E-state index contributed by atoms with van der Waals surface area (Å²) in [5.74, 6) is 2.65. The van der Waals surface area contributed by atoms with Gasteiger partial charge < -0.3 is 0 Å². The van der Waals surface area contributed by atoms with E-state index in [2.05, 4.69) is 46.4 Å². The number of aromatic amines is 1. The molecule has 1 aromatic heterocycles. The van der Waals surface area contributed by atoms with Crippen molar-refractivity contribution in [2.24, 2.45) is 0 Å². The lowest BCUT2D eigenvalue weighted by atomic mass is 10.1. The number of nitrogens with zero attached hydrogens (tertiary/aromatic N) is 2. The Balaban J connectivity index is 1.65. The second-order valence-corrected chi connectivity index (χ2v) is 5.44. The maximum absolute atomic E-state index is 4.51. The van der Waals surface area contributed by atoms with E-state index in [1.54, 1.807) is 11.8 Å². The van der Waals surface area contributed by atoms with Gasteiger partial charge in [0.15, 0.2) is 0 Å². The van der Waals surface area contributed by atoms with Crippen LogP contribution >= 0.6 is 11.8 Å². The molecule has 0 saturated heterocycles. The normalized spacial score (nSPS) is 15.1. The Morgan fingerprint density at radius 1 is 1.35 bits per heavy atom. The summed E-state index contributed by atoms with van der Waals surface area (Å²) in [5, 5.41) is 8.16. The number of benzene rings is 1. The van der Waals surface area contributed by atoms with E-state index in [1.165, 1.54) is 24.0 Å². The average molecular weight is 245 g/mol. The Bertz CT molecular complexity index is 517. The Kier molecular flexibility index (Phi) is 2.89. The summed E-state index contributed by atoms with van der Waals surface area (Å²) < 4.78 is 0. The summed E-state index contributed by atoms with van der Waals surface area (Å²) in [6, 6.07) is 8.46. The van der Waals surface area contributed by atoms with Crippen molar-refractivity contribution in [2.75, 3.05) is 0 Å². The highest BCUT2D eigenvalue weighted by Gasteiger charge is 2.27. The van der Waals surface area contributed by atoms with Gasteiger partial charge in [0.2, 0.25) is 5.16 Å². The van der Waals surface area contributed by atoms with Crippen molar-refractivity contribution in [3.05, 3.63) is 41.2 Å². The summed E-state index contributed by atoms with van der Waals surface area (Å²) in [6.07, 6.45) is 2.52. The molecule has 0 atom stereocenters. The van der Waals surface area contributed by atoms with Gasteiger partial charge in [-0.15, -0.1) is 5.10 Å². The van der Waals surface area contributed by atoms with Crippen molar-refractivity contribution in [3.63, 3.8) is 0 Å². The highest BCUT2D eigenvalue weighted by molar-refractivity contribution is 7.98. The van der Waals surface area contributed by atoms with Crippen LogP contribution in [0.2, 0.25) is 0 Å². The Labute approximate surface area is 105 Å². The van der Waals surface area contributed by atoms with E-state index in [-0.39, 0.29) is 0 Å². The number of rotatable bonds is 4. The van der Waals surface area contributed by atoms with Crippen molar-refractivity contribution < 1.29 is 0 Å². The third-order valence-electron chi connectivity index (χ3n) is 3.06. The van der Waals surface area contributed by atoms with Crippen LogP contribution in [-0.4, -0.2) is 15.2 Å². The fourth-order valence-electron chi connectivity index (χ4n) is 1.78. The van der Waals surface area contributed by atoms with Crippen molar-refractivity contribution >= 4 is 11.8 Å². The minimum absolute atomic E-state index is 0.648. The Morgan fingerprint density at radius 3 is 2.94 bits per heavy atom. The van der Waals surface area contributed by atoms with E-state index in [9.17, 15) is 0 Å². The van der Waals surface area contributed by atoms with Crippen molar-refractivity contribution in [3.8, 4) is 0 Å². The zero-order chi connectivity index (χ0) is 11.7. The molecule has 0 bridgehead atoms. The van der Waals surface area contributed by atoms with Crippen molar-refractivity contribution in [1.82, 2.24) is 15.2 Å². The SMILES string of the molecule is Cc1ccccc1CSc1n[nH]c(C2CC2)n1. The topological polar surface area (TPSA) is 41.6 Å². The van der Waals surface area contributed by atoms with Gasteiger partial charge in [-0.2, -0.15) is 0 Å². The summed E-state index contributed by atoms with van der Waals surface area (Å²) >= 11 is 1.70. The minimum Gasteiger partial charge on any atom is -0.262 e. The molecule has 0 aliphatic heterocycles. The van der Waals surface area contributed by atoms with Crippen LogP contribution in [0.3, 0.4) is 0 Å². The molecule has 0 unspecified atom stereocenters. The maximum atomic E-state index is 4.51. The molecule has 1 aromatic carbocycles. The van der Waals surface area contributed by atoms with E-state index in [1.807, 2.05) is 0 Å². The first kappa shape index (κ1) is 10.8. The van der Waals surface area contributed by atoms with Crippen molar-refractivity contribution in [2.45, 2.75) is 36.6 Å². The van der Waals surface area contributed by atoms with Gasteiger partial charge in [0.25, 0.3) is 0 Å². The maximum Gasteiger partial charge on any atom is 0.208 e. The molecule has 1 N–H and O–H groups in total. The van der Waals surface area contributed by atoms with Crippen LogP contribution in [0.25, 0.3) is 0 Å². The molecular weight excluding hydrogens is 230 g/mol. The largest absolute Gasteiger partial charge is 0.262 e. The van der Waals surface area contributed by atoms with Gasteiger partial charge in [0, 0.05) is 11.7 Å². The molecule has 1 fully saturated rings. The number of H-pyrrole nitrogens is 1. The van der Waals surface area contributed by atoms with Crippen LogP contribution in [0.5, 0.6) is 0 Å². The number of aromatic nitrogens is 3. The van der Waals surface area contributed by atoms with E-state index in [0.717, 1.165) is 16.7 Å². The van der Waals surface area contributed by atoms with E-state index < -0.39 is 0 Å². The first-order valence-electron chi connectivity index (χ1n) is 5.92. The zero-order valence-electron chi connectivity index (χ0n) is 9.81. The molecule has 2 aromatic rings. The molecule has 3 nitrogen and oxygen atoms in total. The van der Waals surface area contributed by atoms with Gasteiger partial charge in [0.05, 0.1) is 0 Å². The predicted molar refractivity (Wildman–Crippen MR) is 69.1 cm³/mol. The molecule has 1 heterocycles. The van der Waals surface area contributed by atoms with Crippen LogP contribution < -0.4 is 0 Å². The quantitative estimate of drug-likeness (QED) is 0.840. The van der Waals surface area contributed by atoms with Gasteiger partial charge in [0.1, 0.15) is 5.82 Å². The molecule has 1 saturated carbocycles. The fraction of sp³-hybridized carbons (Fsp3) is 0.385. The lowest BCUT2D eigenvalue weighted by Crippen LogP contribution is -1.86. The van der Waals surface area contributed by atoms with E-state index >= 15 is 0 Å². The van der Waals surface area contributed by atoms with E-state index in [0.29, 0.717) is 5.92 Å². The van der Waals surface area contributed by atoms with Crippen LogP contribution in [0, 0.1) is 6.92 Å². The lowest BCUT2D eigenvalue weighted by Gasteiger charge is -2.02. The molecular formula is C13H15N3S. The smallest absolute Gasteiger partial charge is 0.208 e. The molecule has 3 rings (SSSR count). The Hall–Kier alpha value is -1.29. The Morgan fingerprint density at radius 2 is 2.18 bits per heavy atom. The molecule has 0 radical (unpaired) electrons. The minimum atomic E-state index is 0.648. The van der Waals surface area contributed by atoms with Gasteiger partial charge in [-0.25, -0.2) is 4.98 Å². The molecule has 0 amide bonds. The molecule has 0 spiro atoms. The third kappa shape index (κ3) is 2.52.